The van der Waals surface area contributed by atoms with E-state index in [2.05, 4.69) is 15.4 Å². The molecule has 0 radical (unpaired) electrons. The lowest BCUT2D eigenvalue weighted by molar-refractivity contribution is 0.0188. The lowest BCUT2D eigenvalue weighted by atomic mass is 9.97. The van der Waals surface area contributed by atoms with Crippen LogP contribution in [0.3, 0.4) is 0 Å². The number of likely N-dealkylation sites (tertiary alicyclic amines) is 1. The maximum absolute atomic E-state index is 12.1. The van der Waals surface area contributed by atoms with E-state index in [1.807, 2.05) is 20.8 Å². The number of hydrogen-bond donors (Lipinski definition) is 1. The molecule has 0 bridgehead atoms. The van der Waals surface area contributed by atoms with E-state index in [9.17, 15) is 9.00 Å². The van der Waals surface area contributed by atoms with E-state index in [0.29, 0.717) is 35.5 Å². The van der Waals surface area contributed by atoms with Gasteiger partial charge in [-0.2, -0.15) is 5.10 Å². The van der Waals surface area contributed by atoms with Crippen molar-refractivity contribution in [3.05, 3.63) is 18.3 Å². The number of piperidine rings is 1. The minimum Gasteiger partial charge on any atom is -0.444 e. The van der Waals surface area contributed by atoms with Gasteiger partial charge in [-0.1, -0.05) is 0 Å². The summed E-state index contributed by atoms with van der Waals surface area (Å²) in [6, 6.07) is 3.58. The molecule has 8 nitrogen and oxygen atoms in total. The summed E-state index contributed by atoms with van der Waals surface area (Å²) >= 11 is 0. The molecule has 148 valence electrons. The Bertz CT molecular complexity index is 837. The van der Waals surface area contributed by atoms with Crippen molar-refractivity contribution in [3.63, 3.8) is 0 Å². The third kappa shape index (κ3) is 4.97. The normalized spacial score (nSPS) is 17.1. The van der Waals surface area contributed by atoms with Crippen molar-refractivity contribution >= 4 is 28.4 Å². The quantitative estimate of drug-likeness (QED) is 0.803. The number of rotatable bonds is 4. The van der Waals surface area contributed by atoms with E-state index in [1.165, 1.54) is 0 Å². The number of nitrogens with zero attached hydrogens (tertiary/aromatic N) is 4. The molecule has 1 unspecified atom stereocenters. The largest absolute Gasteiger partial charge is 0.444 e. The zero-order valence-corrected chi connectivity index (χ0v) is 17.1. The minimum absolute atomic E-state index is 0.239. The van der Waals surface area contributed by atoms with Crippen molar-refractivity contribution < 1.29 is 13.7 Å². The smallest absolute Gasteiger partial charge is 0.410 e. The number of anilines is 1. The number of amides is 1. The fourth-order valence-electron chi connectivity index (χ4n) is 3.07. The van der Waals surface area contributed by atoms with Crippen molar-refractivity contribution in [3.8, 4) is 0 Å². The average Bonchev–Trinajstić information content (AvgIpc) is 3.06. The Morgan fingerprint density at radius 1 is 1.37 bits per heavy atom. The first-order valence-electron chi connectivity index (χ1n) is 9.13. The summed E-state index contributed by atoms with van der Waals surface area (Å²) in [5.41, 5.74) is 0.204. The number of aromatic nitrogens is 3. The van der Waals surface area contributed by atoms with Gasteiger partial charge in [0, 0.05) is 38.0 Å². The van der Waals surface area contributed by atoms with Crippen LogP contribution in [0.1, 0.15) is 33.6 Å². The molecule has 0 aromatic carbocycles. The van der Waals surface area contributed by atoms with Crippen LogP contribution in [-0.2, 0) is 15.5 Å². The number of carbonyl (C=O) groups is 1. The van der Waals surface area contributed by atoms with Gasteiger partial charge >= 0.3 is 6.09 Å². The summed E-state index contributed by atoms with van der Waals surface area (Å²) in [5, 5.41) is 8.14. The van der Waals surface area contributed by atoms with E-state index >= 15 is 0 Å². The van der Waals surface area contributed by atoms with Crippen LogP contribution in [-0.4, -0.2) is 61.3 Å². The van der Waals surface area contributed by atoms with Crippen molar-refractivity contribution in [1.82, 2.24) is 19.5 Å². The molecule has 2 aromatic heterocycles. The average molecular weight is 394 g/mol. The molecule has 1 aliphatic heterocycles. The van der Waals surface area contributed by atoms with Gasteiger partial charge in [-0.3, -0.25) is 4.21 Å². The SMILES string of the molecule is CS(=O)c1cc(NCC2CCN(C(=O)OC(C)(C)C)CC2)nc2ccnn12. The Balaban J connectivity index is 1.55. The molecule has 27 heavy (non-hydrogen) atoms. The molecule has 2 aromatic rings. The Labute approximate surface area is 161 Å². The lowest BCUT2D eigenvalue weighted by Crippen LogP contribution is -2.42. The third-order valence-electron chi connectivity index (χ3n) is 4.46. The maximum Gasteiger partial charge on any atom is 0.410 e. The van der Waals surface area contributed by atoms with Gasteiger partial charge in [0.15, 0.2) is 5.65 Å². The minimum atomic E-state index is -1.16. The Hall–Kier alpha value is -2.16. The molecule has 1 fully saturated rings. The van der Waals surface area contributed by atoms with Crippen molar-refractivity contribution in [2.24, 2.45) is 5.92 Å². The molecule has 1 atom stereocenters. The molecule has 1 N–H and O–H groups in total. The molecule has 0 spiro atoms. The fourth-order valence-corrected chi connectivity index (χ4v) is 3.74. The monoisotopic (exact) mass is 393 g/mol. The van der Waals surface area contributed by atoms with Crippen LogP contribution in [0.15, 0.2) is 23.4 Å². The van der Waals surface area contributed by atoms with Crippen LogP contribution >= 0.6 is 0 Å². The van der Waals surface area contributed by atoms with E-state index in [1.54, 1.807) is 34.0 Å². The van der Waals surface area contributed by atoms with E-state index < -0.39 is 16.4 Å². The molecule has 1 aliphatic rings. The summed E-state index contributed by atoms with van der Waals surface area (Å²) in [6.45, 7) is 7.78. The first kappa shape index (κ1) is 19.6. The second kappa shape index (κ2) is 7.84. The first-order valence-corrected chi connectivity index (χ1v) is 10.7. The van der Waals surface area contributed by atoms with Gasteiger partial charge < -0.3 is 15.0 Å². The van der Waals surface area contributed by atoms with Gasteiger partial charge in [-0.15, -0.1) is 0 Å². The Kier molecular flexibility index (Phi) is 5.69. The van der Waals surface area contributed by atoms with E-state index in [4.69, 9.17) is 4.74 Å². The predicted molar refractivity (Wildman–Crippen MR) is 104 cm³/mol. The van der Waals surface area contributed by atoms with E-state index in [0.717, 1.165) is 19.4 Å². The van der Waals surface area contributed by atoms with Crippen LogP contribution < -0.4 is 5.32 Å². The highest BCUT2D eigenvalue weighted by atomic mass is 32.2. The second-order valence-corrected chi connectivity index (χ2v) is 9.15. The molecule has 0 aliphatic carbocycles. The topological polar surface area (TPSA) is 88.8 Å². The zero-order valence-electron chi connectivity index (χ0n) is 16.3. The number of nitrogens with one attached hydrogen (secondary N) is 1. The summed E-state index contributed by atoms with van der Waals surface area (Å²) < 4.78 is 19.0. The zero-order chi connectivity index (χ0) is 19.6. The molecule has 3 rings (SSSR count). The summed E-state index contributed by atoms with van der Waals surface area (Å²) in [7, 11) is -1.16. The van der Waals surface area contributed by atoms with Gasteiger partial charge in [-0.05, 0) is 39.5 Å². The molecular formula is C18H27N5O3S. The van der Waals surface area contributed by atoms with E-state index in [-0.39, 0.29) is 6.09 Å². The molecule has 3 heterocycles. The first-order chi connectivity index (χ1) is 12.7. The highest BCUT2D eigenvalue weighted by Crippen LogP contribution is 2.21. The lowest BCUT2D eigenvalue weighted by Gasteiger charge is -2.33. The van der Waals surface area contributed by atoms with Crippen LogP contribution in [0.4, 0.5) is 10.6 Å². The molecule has 9 heteroatoms. The maximum atomic E-state index is 12.1. The second-order valence-electron chi connectivity index (χ2n) is 7.83. The molecule has 1 saturated heterocycles. The Morgan fingerprint density at radius 2 is 2.07 bits per heavy atom. The summed E-state index contributed by atoms with van der Waals surface area (Å²) in [5.74, 6) is 1.14. The van der Waals surface area contributed by atoms with Crippen molar-refractivity contribution in [2.75, 3.05) is 31.2 Å². The summed E-state index contributed by atoms with van der Waals surface area (Å²) in [4.78, 5) is 18.4. The Morgan fingerprint density at radius 3 is 2.70 bits per heavy atom. The molecule has 1 amide bonds. The van der Waals surface area contributed by atoms with Crippen molar-refractivity contribution in [2.45, 2.75) is 44.2 Å². The highest BCUT2D eigenvalue weighted by molar-refractivity contribution is 7.84. The van der Waals surface area contributed by atoms with Crippen molar-refractivity contribution in [1.29, 1.82) is 0 Å². The molecular weight excluding hydrogens is 366 g/mol. The predicted octanol–water partition coefficient (Wildman–Crippen LogP) is 2.53. The van der Waals surface area contributed by atoms with Gasteiger partial charge in [0.25, 0.3) is 0 Å². The van der Waals surface area contributed by atoms with Gasteiger partial charge in [0.1, 0.15) is 16.4 Å². The van der Waals surface area contributed by atoms with Crippen LogP contribution in [0.2, 0.25) is 0 Å². The third-order valence-corrected chi connectivity index (χ3v) is 5.34. The molecule has 0 saturated carbocycles. The standard InChI is InChI=1S/C18H27N5O3S/c1-18(2,3)26-17(24)22-9-6-13(7-10-22)12-19-14-11-16(27(4)25)23-15(21-14)5-8-20-23/h5,8,11,13H,6-7,9-10,12H2,1-4H3,(H,19,21). The highest BCUT2D eigenvalue weighted by Gasteiger charge is 2.26. The number of ether oxygens (including phenoxy) is 1. The van der Waals surface area contributed by atoms with Gasteiger partial charge in [0.05, 0.1) is 17.0 Å². The van der Waals surface area contributed by atoms with Crippen LogP contribution in [0.25, 0.3) is 5.65 Å². The number of hydrogen-bond acceptors (Lipinski definition) is 6. The van der Waals surface area contributed by atoms with Gasteiger partial charge in [-0.25, -0.2) is 14.3 Å². The van der Waals surface area contributed by atoms with Gasteiger partial charge in [0.2, 0.25) is 0 Å². The van der Waals surface area contributed by atoms with Crippen LogP contribution in [0.5, 0.6) is 0 Å². The summed E-state index contributed by atoms with van der Waals surface area (Å²) in [6.07, 6.45) is 4.86. The number of carbonyl (C=O) groups excluding carboxylic acids is 1. The van der Waals surface area contributed by atoms with Crippen LogP contribution in [0, 0.1) is 5.92 Å². The fraction of sp³-hybridized carbons (Fsp3) is 0.611. The number of fused-ring (bicyclic) bond motifs is 1.